The van der Waals surface area contributed by atoms with E-state index in [1.165, 1.54) is 18.5 Å². The van der Waals surface area contributed by atoms with E-state index in [9.17, 15) is 19.8 Å². The van der Waals surface area contributed by atoms with E-state index in [4.69, 9.17) is 0 Å². The van der Waals surface area contributed by atoms with Gasteiger partial charge in [0.2, 0.25) is 0 Å². The largest absolute Gasteiger partial charge is 0.464 e. The van der Waals surface area contributed by atoms with Gasteiger partial charge in [-0.05, 0) is 13.0 Å². The van der Waals surface area contributed by atoms with Crippen LogP contribution in [-0.2, 0) is 9.53 Å². The maximum Gasteiger partial charge on any atom is 0.338 e. The number of fused-ring (bicyclic) bond motifs is 1. The predicted molar refractivity (Wildman–Crippen MR) is 69.1 cm³/mol. The van der Waals surface area contributed by atoms with Crippen molar-refractivity contribution in [3.63, 3.8) is 0 Å². The highest BCUT2D eigenvalue weighted by Gasteiger charge is 2.27. The third-order valence-electron chi connectivity index (χ3n) is 2.88. The van der Waals surface area contributed by atoms with E-state index < -0.39 is 18.2 Å². The molecule has 0 bridgehead atoms. The lowest BCUT2D eigenvalue weighted by Crippen LogP contribution is -2.29. The first-order valence-electron chi connectivity index (χ1n) is 6.03. The van der Waals surface area contributed by atoms with Crippen LogP contribution in [0.2, 0.25) is 0 Å². The van der Waals surface area contributed by atoms with Gasteiger partial charge in [-0.15, -0.1) is 0 Å². The van der Waals surface area contributed by atoms with Gasteiger partial charge in [-0.1, -0.05) is 0 Å². The lowest BCUT2D eigenvalue weighted by molar-refractivity contribution is -0.159. The average molecular weight is 278 g/mol. The summed E-state index contributed by atoms with van der Waals surface area (Å²) in [6.07, 6.45) is 0.287. The maximum absolute atomic E-state index is 11.4. The highest BCUT2D eigenvalue weighted by atomic mass is 16.5. The minimum absolute atomic E-state index is 0.104. The van der Waals surface area contributed by atoms with Gasteiger partial charge in [0, 0.05) is 28.9 Å². The number of pyridine rings is 1. The van der Waals surface area contributed by atoms with Crippen molar-refractivity contribution in [3.8, 4) is 0 Å². The Balaban J connectivity index is 2.32. The van der Waals surface area contributed by atoms with Gasteiger partial charge in [0.1, 0.15) is 11.8 Å². The van der Waals surface area contributed by atoms with Crippen molar-refractivity contribution in [1.29, 1.82) is 0 Å². The van der Waals surface area contributed by atoms with Crippen LogP contribution in [0.1, 0.15) is 28.9 Å². The molecule has 0 aliphatic carbocycles. The molecule has 7 nitrogen and oxygen atoms in total. The molecule has 0 aromatic carbocycles. The summed E-state index contributed by atoms with van der Waals surface area (Å²) in [6.45, 7) is 1.70. The van der Waals surface area contributed by atoms with Crippen LogP contribution in [0.15, 0.2) is 18.5 Å². The quantitative estimate of drug-likeness (QED) is 0.536. The number of carbonyl (C=O) groups is 2. The van der Waals surface area contributed by atoms with E-state index in [0.717, 1.165) is 0 Å². The third kappa shape index (κ3) is 2.54. The van der Waals surface area contributed by atoms with E-state index >= 15 is 0 Å². The first kappa shape index (κ1) is 14.2. The summed E-state index contributed by atoms with van der Waals surface area (Å²) in [7, 11) is 0. The van der Waals surface area contributed by atoms with Crippen molar-refractivity contribution in [1.82, 2.24) is 9.97 Å². The molecule has 2 aromatic heterocycles. The smallest absolute Gasteiger partial charge is 0.338 e. The molecule has 2 rings (SSSR count). The van der Waals surface area contributed by atoms with Crippen molar-refractivity contribution >= 4 is 23.3 Å². The van der Waals surface area contributed by atoms with Gasteiger partial charge >= 0.3 is 5.97 Å². The normalized spacial score (nSPS) is 13.9. The number of aromatic nitrogens is 2. The first-order valence-corrected chi connectivity index (χ1v) is 6.03. The standard InChI is InChI=1S/C13H14N2O5/c1-2-20-13(19)11(18)10(17)7-3-9-8(6-16)5-15-12(9)14-4-7/h3-6,10-11,17-18H,2H2,1H3,(H,14,15). The fourth-order valence-corrected chi connectivity index (χ4v) is 1.84. The van der Waals surface area contributed by atoms with Gasteiger partial charge in [0.15, 0.2) is 12.4 Å². The highest BCUT2D eigenvalue weighted by Crippen LogP contribution is 2.22. The van der Waals surface area contributed by atoms with E-state index in [0.29, 0.717) is 22.9 Å². The van der Waals surface area contributed by atoms with Gasteiger partial charge in [0.05, 0.1) is 6.61 Å². The summed E-state index contributed by atoms with van der Waals surface area (Å²) in [4.78, 5) is 29.1. The van der Waals surface area contributed by atoms with Gasteiger partial charge in [-0.2, -0.15) is 0 Å². The van der Waals surface area contributed by atoms with Crippen molar-refractivity contribution < 1.29 is 24.5 Å². The second-order valence-corrected chi connectivity index (χ2v) is 4.17. The minimum Gasteiger partial charge on any atom is -0.464 e. The van der Waals surface area contributed by atoms with Crippen LogP contribution in [-0.4, -0.2) is 45.1 Å². The molecule has 2 unspecified atom stereocenters. The Kier molecular flexibility index (Phi) is 4.11. The molecule has 2 aromatic rings. The number of rotatable bonds is 5. The number of esters is 1. The molecule has 0 radical (unpaired) electrons. The topological polar surface area (TPSA) is 113 Å². The number of carbonyl (C=O) groups excluding carboxylic acids is 2. The van der Waals surface area contributed by atoms with Crippen LogP contribution in [0.4, 0.5) is 0 Å². The summed E-state index contributed by atoms with van der Waals surface area (Å²) in [5.41, 5.74) is 1.08. The molecule has 0 saturated carbocycles. The second kappa shape index (κ2) is 5.81. The summed E-state index contributed by atoms with van der Waals surface area (Å²) in [5.74, 6) is -0.912. The lowest BCUT2D eigenvalue weighted by atomic mass is 10.0. The molecule has 2 heterocycles. The fraction of sp³-hybridized carbons (Fsp3) is 0.308. The molecule has 0 spiro atoms. The van der Waals surface area contributed by atoms with Crippen molar-refractivity contribution in [3.05, 3.63) is 29.6 Å². The van der Waals surface area contributed by atoms with Gasteiger partial charge < -0.3 is 19.9 Å². The number of nitrogens with zero attached hydrogens (tertiary/aromatic N) is 1. The Hall–Kier alpha value is -2.25. The Bertz CT molecular complexity index is 637. The average Bonchev–Trinajstić information content (AvgIpc) is 2.88. The molecule has 20 heavy (non-hydrogen) atoms. The summed E-state index contributed by atoms with van der Waals surface area (Å²) in [5, 5.41) is 20.2. The number of hydrogen-bond acceptors (Lipinski definition) is 6. The Morgan fingerprint density at radius 3 is 2.95 bits per heavy atom. The number of ether oxygens (including phenoxy) is 1. The highest BCUT2D eigenvalue weighted by molar-refractivity contribution is 5.95. The van der Waals surface area contributed by atoms with Crippen LogP contribution in [0.3, 0.4) is 0 Å². The molecule has 2 atom stereocenters. The third-order valence-corrected chi connectivity index (χ3v) is 2.88. The molecule has 0 amide bonds. The van der Waals surface area contributed by atoms with E-state index in [1.54, 1.807) is 6.92 Å². The SMILES string of the molecule is CCOC(=O)C(O)C(O)c1cnc2[nH]cc(C=O)c2c1. The molecule has 0 aliphatic heterocycles. The van der Waals surface area contributed by atoms with Crippen LogP contribution in [0.5, 0.6) is 0 Å². The van der Waals surface area contributed by atoms with Crippen LogP contribution in [0.25, 0.3) is 11.0 Å². The number of aromatic amines is 1. The van der Waals surface area contributed by atoms with Crippen molar-refractivity contribution in [2.75, 3.05) is 6.61 Å². The second-order valence-electron chi connectivity index (χ2n) is 4.17. The minimum atomic E-state index is -1.70. The number of hydrogen-bond donors (Lipinski definition) is 3. The van der Waals surface area contributed by atoms with Gasteiger partial charge in [-0.25, -0.2) is 9.78 Å². The summed E-state index contributed by atoms with van der Waals surface area (Å²) >= 11 is 0. The first-order chi connectivity index (χ1) is 9.58. The Labute approximate surface area is 114 Å². The molecule has 3 N–H and O–H groups in total. The van der Waals surface area contributed by atoms with E-state index in [1.807, 2.05) is 0 Å². The van der Waals surface area contributed by atoms with E-state index in [2.05, 4.69) is 14.7 Å². The van der Waals surface area contributed by atoms with E-state index in [-0.39, 0.29) is 12.2 Å². The molecule has 0 fully saturated rings. The molecular formula is C13H14N2O5. The zero-order valence-electron chi connectivity index (χ0n) is 10.7. The molecule has 0 aliphatic rings. The molecule has 0 saturated heterocycles. The molecule has 106 valence electrons. The van der Waals surface area contributed by atoms with Crippen LogP contribution < -0.4 is 0 Å². The summed E-state index contributed by atoms with van der Waals surface area (Å²) < 4.78 is 4.63. The Morgan fingerprint density at radius 1 is 1.55 bits per heavy atom. The molecular weight excluding hydrogens is 264 g/mol. The molecule has 7 heteroatoms. The lowest BCUT2D eigenvalue weighted by Gasteiger charge is -2.16. The monoisotopic (exact) mass is 278 g/mol. The number of nitrogens with one attached hydrogen (secondary N) is 1. The number of H-pyrrole nitrogens is 1. The Morgan fingerprint density at radius 2 is 2.30 bits per heavy atom. The van der Waals surface area contributed by atoms with Crippen molar-refractivity contribution in [2.45, 2.75) is 19.1 Å². The maximum atomic E-state index is 11.4. The fourth-order valence-electron chi connectivity index (χ4n) is 1.84. The van der Waals surface area contributed by atoms with Crippen LogP contribution in [0, 0.1) is 0 Å². The zero-order valence-corrected chi connectivity index (χ0v) is 10.7. The summed E-state index contributed by atoms with van der Waals surface area (Å²) in [6, 6.07) is 1.50. The number of aldehydes is 1. The number of aliphatic hydroxyl groups excluding tert-OH is 2. The van der Waals surface area contributed by atoms with Crippen molar-refractivity contribution in [2.24, 2.45) is 0 Å². The predicted octanol–water partition coefficient (Wildman–Crippen LogP) is 0.333. The number of aliphatic hydroxyl groups is 2. The van der Waals surface area contributed by atoms with Crippen LogP contribution >= 0.6 is 0 Å². The van der Waals surface area contributed by atoms with Gasteiger partial charge in [-0.3, -0.25) is 4.79 Å². The zero-order chi connectivity index (χ0) is 14.7. The van der Waals surface area contributed by atoms with Gasteiger partial charge in [0.25, 0.3) is 0 Å².